The zero-order chi connectivity index (χ0) is 25.4. The van der Waals surface area contributed by atoms with Gasteiger partial charge in [0.25, 0.3) is 5.91 Å². The van der Waals surface area contributed by atoms with Crippen molar-refractivity contribution in [2.45, 2.75) is 26.9 Å². The van der Waals surface area contributed by atoms with Crippen LogP contribution in [0.25, 0.3) is 0 Å². The van der Waals surface area contributed by atoms with Crippen LogP contribution in [-0.2, 0) is 13.1 Å². The molecule has 0 fully saturated rings. The Labute approximate surface area is 204 Å². The highest BCUT2D eigenvalue weighted by molar-refractivity contribution is 9.10. The Morgan fingerprint density at radius 2 is 1.60 bits per heavy atom. The van der Waals surface area contributed by atoms with E-state index >= 15 is 0 Å². The maximum Gasteiger partial charge on any atom is 0.256 e. The summed E-state index contributed by atoms with van der Waals surface area (Å²) < 4.78 is 71.6. The van der Waals surface area contributed by atoms with E-state index < -0.39 is 47.1 Å². The van der Waals surface area contributed by atoms with Crippen LogP contribution in [0.1, 0.15) is 32.9 Å². The number of anilines is 1. The molecule has 0 atom stereocenters. The second-order valence-corrected chi connectivity index (χ2v) is 8.54. The SMILES string of the molecule is Cc1nn(Cc2cccc(C(=O)Nc3ccn(Cc4c(F)c(F)c(F)c(F)c4F)n3)c2)c(C)c1Br. The molecule has 1 N–H and O–H groups in total. The minimum Gasteiger partial charge on any atom is -0.305 e. The van der Waals surface area contributed by atoms with Crippen molar-refractivity contribution in [1.29, 1.82) is 0 Å². The molecule has 12 heteroatoms. The first kappa shape index (κ1) is 24.6. The molecule has 0 saturated heterocycles. The van der Waals surface area contributed by atoms with E-state index in [0.29, 0.717) is 12.1 Å². The molecule has 0 radical (unpaired) electrons. The van der Waals surface area contributed by atoms with Gasteiger partial charge in [-0.2, -0.15) is 10.2 Å². The van der Waals surface area contributed by atoms with Crippen molar-refractivity contribution < 1.29 is 26.7 Å². The Kier molecular flexibility index (Phi) is 6.75. The summed E-state index contributed by atoms with van der Waals surface area (Å²) in [5.41, 5.74) is 1.91. The lowest BCUT2D eigenvalue weighted by Gasteiger charge is -2.09. The normalized spacial score (nSPS) is 11.2. The van der Waals surface area contributed by atoms with Crippen LogP contribution in [0.3, 0.4) is 0 Å². The Hall–Kier alpha value is -3.54. The largest absolute Gasteiger partial charge is 0.305 e. The van der Waals surface area contributed by atoms with E-state index in [0.717, 1.165) is 26.1 Å². The zero-order valence-electron chi connectivity index (χ0n) is 18.3. The van der Waals surface area contributed by atoms with Crippen molar-refractivity contribution in [3.05, 3.63) is 98.2 Å². The van der Waals surface area contributed by atoms with Gasteiger partial charge < -0.3 is 5.32 Å². The Morgan fingerprint density at radius 1 is 0.943 bits per heavy atom. The monoisotopic (exact) mass is 553 g/mol. The summed E-state index contributed by atoms with van der Waals surface area (Å²) in [6.07, 6.45) is 1.24. The van der Waals surface area contributed by atoms with Crippen molar-refractivity contribution in [2.75, 3.05) is 5.32 Å². The van der Waals surface area contributed by atoms with Crippen molar-refractivity contribution in [3.8, 4) is 0 Å². The molecule has 2 aromatic carbocycles. The van der Waals surface area contributed by atoms with Crippen LogP contribution >= 0.6 is 15.9 Å². The van der Waals surface area contributed by atoms with Crippen molar-refractivity contribution >= 4 is 27.7 Å². The van der Waals surface area contributed by atoms with Crippen molar-refractivity contribution in [1.82, 2.24) is 19.6 Å². The molecule has 0 spiro atoms. The molecule has 182 valence electrons. The lowest BCUT2D eigenvalue weighted by Crippen LogP contribution is -2.14. The molecule has 4 rings (SSSR count). The number of aromatic nitrogens is 4. The van der Waals surface area contributed by atoms with E-state index in [1.807, 2.05) is 19.9 Å². The molecule has 0 aliphatic carbocycles. The average molecular weight is 554 g/mol. The van der Waals surface area contributed by atoms with Gasteiger partial charge in [0.1, 0.15) is 0 Å². The third kappa shape index (κ3) is 4.83. The van der Waals surface area contributed by atoms with E-state index in [9.17, 15) is 26.7 Å². The number of rotatable bonds is 6. The quantitative estimate of drug-likeness (QED) is 0.195. The number of amides is 1. The molecular formula is C23H17BrF5N5O. The highest BCUT2D eigenvalue weighted by Gasteiger charge is 2.26. The predicted molar refractivity (Wildman–Crippen MR) is 120 cm³/mol. The summed E-state index contributed by atoms with van der Waals surface area (Å²) in [5, 5.41) is 10.9. The van der Waals surface area contributed by atoms with Crippen LogP contribution in [0.5, 0.6) is 0 Å². The smallest absolute Gasteiger partial charge is 0.256 e. The van der Waals surface area contributed by atoms with Crippen LogP contribution in [-0.4, -0.2) is 25.5 Å². The molecule has 0 unspecified atom stereocenters. The van der Waals surface area contributed by atoms with Crippen LogP contribution < -0.4 is 5.32 Å². The Balaban J connectivity index is 1.48. The fraction of sp³-hybridized carbons (Fsp3) is 0.174. The van der Waals surface area contributed by atoms with Gasteiger partial charge in [0.2, 0.25) is 5.82 Å². The zero-order valence-corrected chi connectivity index (χ0v) is 19.9. The standard InChI is InChI=1S/C23H17BrF5N5O/c1-11-17(24)12(2)34(31-11)9-13-4-3-5-14(8-13)23(35)30-16-6-7-33(32-16)10-15-18(25)20(27)22(29)21(28)19(15)26/h3-8H,9-10H2,1-2H3,(H,30,32,35). The number of hydrogen-bond acceptors (Lipinski definition) is 3. The predicted octanol–water partition coefficient (Wildman–Crippen LogP) is 5.50. The number of nitrogens with zero attached hydrogens (tertiary/aromatic N) is 4. The fourth-order valence-corrected chi connectivity index (χ4v) is 3.75. The lowest BCUT2D eigenvalue weighted by atomic mass is 10.1. The number of halogens is 6. The van der Waals surface area contributed by atoms with Crippen LogP contribution in [0, 0.1) is 42.9 Å². The number of aryl methyl sites for hydroxylation is 1. The van der Waals surface area contributed by atoms with Gasteiger partial charge in [0.05, 0.1) is 34.5 Å². The van der Waals surface area contributed by atoms with Gasteiger partial charge in [-0.3, -0.25) is 14.2 Å². The molecule has 2 aromatic heterocycles. The summed E-state index contributed by atoms with van der Waals surface area (Å²) in [7, 11) is 0. The summed E-state index contributed by atoms with van der Waals surface area (Å²) in [6.45, 7) is 3.51. The fourth-order valence-electron chi connectivity index (χ4n) is 3.47. The molecule has 0 bridgehead atoms. The third-order valence-corrected chi connectivity index (χ3v) is 6.47. The minimum atomic E-state index is -2.23. The number of carbonyl (C=O) groups excluding carboxylic acids is 1. The average Bonchev–Trinajstić information content (AvgIpc) is 3.38. The molecule has 1 amide bonds. The van der Waals surface area contributed by atoms with Gasteiger partial charge >= 0.3 is 0 Å². The summed E-state index contributed by atoms with van der Waals surface area (Å²) in [5.74, 6) is -10.6. The van der Waals surface area contributed by atoms with Gasteiger partial charge in [0, 0.05) is 17.8 Å². The Bertz CT molecular complexity index is 1420. The van der Waals surface area contributed by atoms with Gasteiger partial charge in [0.15, 0.2) is 29.1 Å². The van der Waals surface area contributed by atoms with Gasteiger partial charge in [-0.05, 0) is 47.5 Å². The molecule has 0 saturated carbocycles. The minimum absolute atomic E-state index is 0.0340. The van der Waals surface area contributed by atoms with E-state index in [4.69, 9.17) is 0 Å². The first-order valence-corrected chi connectivity index (χ1v) is 11.0. The van der Waals surface area contributed by atoms with Gasteiger partial charge in [-0.1, -0.05) is 12.1 Å². The third-order valence-electron chi connectivity index (χ3n) is 5.32. The van der Waals surface area contributed by atoms with E-state index in [1.54, 1.807) is 22.9 Å². The van der Waals surface area contributed by atoms with Crippen molar-refractivity contribution in [3.63, 3.8) is 0 Å². The molecule has 2 heterocycles. The second-order valence-electron chi connectivity index (χ2n) is 7.74. The van der Waals surface area contributed by atoms with E-state index in [1.165, 1.54) is 12.3 Å². The maximum atomic E-state index is 13.9. The molecular weight excluding hydrogens is 537 g/mol. The highest BCUT2D eigenvalue weighted by Crippen LogP contribution is 2.24. The Morgan fingerprint density at radius 3 is 2.23 bits per heavy atom. The van der Waals surface area contributed by atoms with Gasteiger partial charge in [-0.15, -0.1) is 0 Å². The lowest BCUT2D eigenvalue weighted by molar-refractivity contribution is 0.102. The molecule has 6 nitrogen and oxygen atoms in total. The van der Waals surface area contributed by atoms with Crippen LogP contribution in [0.2, 0.25) is 0 Å². The molecule has 0 aliphatic heterocycles. The molecule has 0 aliphatic rings. The number of nitrogens with one attached hydrogen (secondary N) is 1. The second kappa shape index (κ2) is 9.61. The first-order chi connectivity index (χ1) is 16.6. The summed E-state index contributed by atoms with van der Waals surface area (Å²) in [6, 6.07) is 8.18. The summed E-state index contributed by atoms with van der Waals surface area (Å²) in [4.78, 5) is 12.7. The van der Waals surface area contributed by atoms with E-state index in [-0.39, 0.29) is 5.82 Å². The summed E-state index contributed by atoms with van der Waals surface area (Å²) >= 11 is 3.48. The number of carbonyl (C=O) groups is 1. The topological polar surface area (TPSA) is 64.7 Å². The number of hydrogen-bond donors (Lipinski definition) is 1. The molecule has 4 aromatic rings. The number of benzene rings is 2. The van der Waals surface area contributed by atoms with E-state index in [2.05, 4.69) is 31.4 Å². The first-order valence-electron chi connectivity index (χ1n) is 10.2. The van der Waals surface area contributed by atoms with Crippen molar-refractivity contribution in [2.24, 2.45) is 0 Å². The highest BCUT2D eigenvalue weighted by atomic mass is 79.9. The van der Waals surface area contributed by atoms with Gasteiger partial charge in [-0.25, -0.2) is 22.0 Å². The maximum absolute atomic E-state index is 13.9. The van der Waals surface area contributed by atoms with Crippen LogP contribution in [0.15, 0.2) is 41.0 Å². The molecule has 35 heavy (non-hydrogen) atoms. The van der Waals surface area contributed by atoms with Crippen LogP contribution in [0.4, 0.5) is 27.8 Å².